The average molecular weight is 147 g/mol. The van der Waals surface area contributed by atoms with Crippen LogP contribution in [0.25, 0.3) is 0 Å². The van der Waals surface area contributed by atoms with Crippen LogP contribution in [0.3, 0.4) is 0 Å². The molecule has 0 saturated carbocycles. The molecule has 0 amide bonds. The van der Waals surface area contributed by atoms with E-state index in [1.165, 1.54) is 0 Å². The maximum absolute atomic E-state index is 5.23. The van der Waals surface area contributed by atoms with Gasteiger partial charge in [-0.2, -0.15) is 5.06 Å². The van der Waals surface area contributed by atoms with Gasteiger partial charge in [-0.15, -0.1) is 0 Å². The highest BCUT2D eigenvalue weighted by Gasteiger charge is 1.92. The third-order valence-corrected chi connectivity index (χ3v) is 1.21. The summed E-state index contributed by atoms with van der Waals surface area (Å²) in [5, 5.41) is 1.75. The van der Waals surface area contributed by atoms with Crippen LogP contribution < -0.4 is 0 Å². The molecule has 0 unspecified atom stereocenters. The van der Waals surface area contributed by atoms with Gasteiger partial charge in [0.15, 0.2) is 0 Å². The molecule has 10 heavy (non-hydrogen) atoms. The van der Waals surface area contributed by atoms with Crippen LogP contribution in [0.15, 0.2) is 0 Å². The van der Waals surface area contributed by atoms with E-state index in [-0.39, 0.29) is 0 Å². The predicted octanol–water partition coefficient (Wildman–Crippen LogP) is 0.906. The van der Waals surface area contributed by atoms with Gasteiger partial charge in [0.2, 0.25) is 0 Å². The van der Waals surface area contributed by atoms with Crippen molar-refractivity contribution in [3.05, 3.63) is 0 Å². The fourth-order valence-corrected chi connectivity index (χ4v) is 0.531. The van der Waals surface area contributed by atoms with Gasteiger partial charge in [-0.25, -0.2) is 0 Å². The largest absolute Gasteiger partial charge is 0.380 e. The molecule has 0 bridgehead atoms. The molecule has 0 aromatic heterocycles. The number of nitrogens with zero attached hydrogens (tertiary/aromatic N) is 1. The second-order valence-electron chi connectivity index (χ2n) is 2.15. The summed E-state index contributed by atoms with van der Waals surface area (Å²) in [4.78, 5) is 4.88. The first-order valence-corrected chi connectivity index (χ1v) is 3.64. The number of likely N-dealkylation sites (N-methyl/N-ethyl adjacent to an activating group) is 1. The number of hydroxylamine groups is 2. The minimum absolute atomic E-state index is 0.748. The lowest BCUT2D eigenvalue weighted by molar-refractivity contribution is -0.119. The Morgan fingerprint density at radius 1 is 1.30 bits per heavy atom. The highest BCUT2D eigenvalue weighted by atomic mass is 16.7. The monoisotopic (exact) mass is 147 g/mol. The van der Waals surface area contributed by atoms with Crippen LogP contribution in [0.4, 0.5) is 0 Å². The van der Waals surface area contributed by atoms with Crippen LogP contribution in [-0.2, 0) is 9.57 Å². The van der Waals surface area contributed by atoms with Gasteiger partial charge in [0.1, 0.15) is 0 Å². The Hall–Kier alpha value is -0.120. The first-order chi connectivity index (χ1) is 4.81. The summed E-state index contributed by atoms with van der Waals surface area (Å²) in [6.07, 6.45) is 1.08. The standard InChI is InChI=1S/C7H17NO2/c1-4-6-10-7-5-8(2)9-3/h4-7H2,1-3H3. The van der Waals surface area contributed by atoms with E-state index >= 15 is 0 Å². The van der Waals surface area contributed by atoms with Crippen LogP contribution in [-0.4, -0.2) is 39.0 Å². The lowest BCUT2D eigenvalue weighted by Gasteiger charge is -2.12. The van der Waals surface area contributed by atoms with Crippen LogP contribution in [0.1, 0.15) is 13.3 Å². The number of hydrogen-bond donors (Lipinski definition) is 0. The van der Waals surface area contributed by atoms with Gasteiger partial charge in [-0.1, -0.05) is 6.92 Å². The van der Waals surface area contributed by atoms with Crippen molar-refractivity contribution in [3.63, 3.8) is 0 Å². The molecule has 3 nitrogen and oxygen atoms in total. The predicted molar refractivity (Wildman–Crippen MR) is 40.7 cm³/mol. The maximum atomic E-state index is 5.23. The second-order valence-corrected chi connectivity index (χ2v) is 2.15. The lowest BCUT2D eigenvalue weighted by atomic mass is 10.5. The quantitative estimate of drug-likeness (QED) is 0.411. The summed E-state index contributed by atoms with van der Waals surface area (Å²) in [6, 6.07) is 0. The fourth-order valence-electron chi connectivity index (χ4n) is 0.531. The van der Waals surface area contributed by atoms with E-state index in [2.05, 4.69) is 6.92 Å². The Bertz CT molecular complexity index is 68.6. The van der Waals surface area contributed by atoms with Gasteiger partial charge in [0.05, 0.1) is 13.7 Å². The van der Waals surface area contributed by atoms with Crippen molar-refractivity contribution in [2.75, 3.05) is 33.9 Å². The fraction of sp³-hybridized carbons (Fsp3) is 1.00. The molecule has 3 heteroatoms. The minimum Gasteiger partial charge on any atom is -0.380 e. The van der Waals surface area contributed by atoms with Gasteiger partial charge < -0.3 is 9.57 Å². The molecule has 0 aliphatic rings. The molecule has 0 aromatic rings. The van der Waals surface area contributed by atoms with Crippen LogP contribution >= 0.6 is 0 Å². The van der Waals surface area contributed by atoms with Crippen molar-refractivity contribution < 1.29 is 9.57 Å². The van der Waals surface area contributed by atoms with Crippen LogP contribution in [0, 0.1) is 0 Å². The summed E-state index contributed by atoms with van der Waals surface area (Å²) in [6.45, 7) is 4.52. The van der Waals surface area contributed by atoms with Crippen molar-refractivity contribution in [2.24, 2.45) is 0 Å². The van der Waals surface area contributed by atoms with E-state index in [0.717, 1.165) is 26.2 Å². The Balaban J connectivity index is 2.89. The second kappa shape index (κ2) is 6.99. The molecule has 0 aromatic carbocycles. The summed E-state index contributed by atoms with van der Waals surface area (Å²) in [5.74, 6) is 0. The minimum atomic E-state index is 0.748. The average Bonchev–Trinajstić information content (AvgIpc) is 1.98. The Morgan fingerprint density at radius 3 is 2.50 bits per heavy atom. The summed E-state index contributed by atoms with van der Waals surface area (Å²) >= 11 is 0. The van der Waals surface area contributed by atoms with Gasteiger partial charge in [0.25, 0.3) is 0 Å². The van der Waals surface area contributed by atoms with Crippen LogP contribution in [0.5, 0.6) is 0 Å². The van der Waals surface area contributed by atoms with E-state index in [1.54, 1.807) is 12.2 Å². The lowest BCUT2D eigenvalue weighted by Crippen LogP contribution is -2.21. The molecule has 0 atom stereocenters. The van der Waals surface area contributed by atoms with Gasteiger partial charge in [0, 0.05) is 20.2 Å². The summed E-state index contributed by atoms with van der Waals surface area (Å²) < 4.78 is 5.23. The molecular formula is C7H17NO2. The normalized spacial score (nSPS) is 10.8. The van der Waals surface area contributed by atoms with E-state index in [0.29, 0.717) is 0 Å². The third-order valence-electron chi connectivity index (χ3n) is 1.21. The molecule has 0 aliphatic heterocycles. The van der Waals surface area contributed by atoms with E-state index in [1.807, 2.05) is 7.05 Å². The number of hydrogen-bond acceptors (Lipinski definition) is 3. The van der Waals surface area contributed by atoms with Crippen LogP contribution in [0.2, 0.25) is 0 Å². The number of ether oxygens (including phenoxy) is 1. The topological polar surface area (TPSA) is 21.7 Å². The van der Waals surface area contributed by atoms with Crippen molar-refractivity contribution in [2.45, 2.75) is 13.3 Å². The zero-order chi connectivity index (χ0) is 7.82. The molecule has 0 rings (SSSR count). The zero-order valence-electron chi connectivity index (χ0n) is 7.09. The zero-order valence-corrected chi connectivity index (χ0v) is 7.09. The highest BCUT2D eigenvalue weighted by Crippen LogP contribution is 1.83. The van der Waals surface area contributed by atoms with Crippen molar-refractivity contribution >= 4 is 0 Å². The Morgan fingerprint density at radius 2 is 2.00 bits per heavy atom. The van der Waals surface area contributed by atoms with E-state index in [4.69, 9.17) is 9.57 Å². The summed E-state index contributed by atoms with van der Waals surface area (Å²) in [5.41, 5.74) is 0. The smallest absolute Gasteiger partial charge is 0.0616 e. The Kier molecular flexibility index (Phi) is 6.91. The molecule has 0 spiro atoms. The van der Waals surface area contributed by atoms with Crippen molar-refractivity contribution in [1.29, 1.82) is 0 Å². The molecule has 62 valence electrons. The maximum Gasteiger partial charge on any atom is 0.0616 e. The molecule has 0 radical (unpaired) electrons. The third kappa shape index (κ3) is 6.01. The molecule has 0 heterocycles. The molecule has 0 fully saturated rings. The first-order valence-electron chi connectivity index (χ1n) is 3.64. The SMILES string of the molecule is CCCOCCN(C)OC. The van der Waals surface area contributed by atoms with Crippen molar-refractivity contribution in [1.82, 2.24) is 5.06 Å². The molecular weight excluding hydrogens is 130 g/mol. The van der Waals surface area contributed by atoms with Gasteiger partial charge >= 0.3 is 0 Å². The molecule has 0 aliphatic carbocycles. The molecule has 0 saturated heterocycles. The van der Waals surface area contributed by atoms with Crippen molar-refractivity contribution in [3.8, 4) is 0 Å². The number of rotatable bonds is 6. The highest BCUT2D eigenvalue weighted by molar-refractivity contribution is 4.34. The van der Waals surface area contributed by atoms with E-state index < -0.39 is 0 Å². The van der Waals surface area contributed by atoms with Gasteiger partial charge in [-0.3, -0.25) is 0 Å². The molecule has 0 N–H and O–H groups in total. The first kappa shape index (κ1) is 9.88. The Labute approximate surface area is 62.9 Å². The summed E-state index contributed by atoms with van der Waals surface area (Å²) in [7, 11) is 3.54. The van der Waals surface area contributed by atoms with Gasteiger partial charge in [-0.05, 0) is 6.42 Å². The van der Waals surface area contributed by atoms with E-state index in [9.17, 15) is 0 Å².